The fourth-order valence-electron chi connectivity index (χ4n) is 5.30. The number of aryl methyl sites for hydroxylation is 1. The third-order valence-electron chi connectivity index (χ3n) is 7.65. The van der Waals surface area contributed by atoms with Crippen LogP contribution in [0.4, 0.5) is 0 Å². The highest BCUT2D eigenvalue weighted by Crippen LogP contribution is 2.38. The van der Waals surface area contributed by atoms with E-state index < -0.39 is 0 Å². The van der Waals surface area contributed by atoms with E-state index in [1.165, 1.54) is 12.8 Å². The number of ether oxygens (including phenoxy) is 1. The van der Waals surface area contributed by atoms with Gasteiger partial charge in [0.2, 0.25) is 0 Å². The number of nitrogens with zero attached hydrogens (tertiary/aromatic N) is 6. The maximum Gasteiger partial charge on any atom is 0.163 e. The van der Waals surface area contributed by atoms with Crippen molar-refractivity contribution in [3.8, 4) is 22.5 Å². The molecular weight excluding hydrogens is 634 g/mol. The fourth-order valence-corrected chi connectivity index (χ4v) is 5.57. The summed E-state index contributed by atoms with van der Waals surface area (Å²) < 4.78 is 8.67. The maximum absolute atomic E-state index is 12.6. The number of rotatable bonds is 11. The van der Waals surface area contributed by atoms with Crippen molar-refractivity contribution in [1.29, 1.82) is 0 Å². The van der Waals surface area contributed by atoms with E-state index in [1.807, 2.05) is 88.6 Å². The molecule has 4 aromatic heterocycles. The van der Waals surface area contributed by atoms with E-state index in [-0.39, 0.29) is 5.92 Å². The average molecular weight is 696 g/mol. The predicted molar refractivity (Wildman–Crippen MR) is 207 cm³/mol. The van der Waals surface area contributed by atoms with E-state index in [0.29, 0.717) is 24.7 Å². The van der Waals surface area contributed by atoms with Gasteiger partial charge in [0, 0.05) is 80.2 Å². The molecular formula is C39H62ClN7O2. The zero-order chi connectivity index (χ0) is 36.6. The molecule has 0 atom stereocenters. The lowest BCUT2D eigenvalue weighted by molar-refractivity contribution is -0.124. The summed E-state index contributed by atoms with van der Waals surface area (Å²) in [6.07, 6.45) is 18.2. The summed E-state index contributed by atoms with van der Waals surface area (Å²) in [5, 5.41) is 11.7. The number of pyridine rings is 1. The lowest BCUT2D eigenvalue weighted by atomic mass is 9.77. The van der Waals surface area contributed by atoms with Gasteiger partial charge in [0.05, 0.1) is 17.6 Å². The topological polar surface area (TPSA) is 99.2 Å². The molecule has 4 heterocycles. The molecule has 0 saturated heterocycles. The molecule has 0 aromatic carbocycles. The lowest BCUT2D eigenvalue weighted by Crippen LogP contribution is -2.22. The number of unbranched alkanes of at least 4 members (excludes halogenated alkanes) is 1. The van der Waals surface area contributed by atoms with E-state index in [4.69, 9.17) is 21.3 Å². The van der Waals surface area contributed by atoms with E-state index in [1.54, 1.807) is 11.8 Å². The molecule has 4 aromatic rings. The molecule has 1 aliphatic rings. The number of halogens is 1. The van der Waals surface area contributed by atoms with E-state index >= 15 is 0 Å². The van der Waals surface area contributed by atoms with Crippen molar-refractivity contribution < 1.29 is 9.53 Å². The third-order valence-corrected chi connectivity index (χ3v) is 7.92. The van der Waals surface area contributed by atoms with Crippen molar-refractivity contribution in [3.05, 3.63) is 60.8 Å². The van der Waals surface area contributed by atoms with Gasteiger partial charge in [-0.3, -0.25) is 14.5 Å². The molecule has 1 fully saturated rings. The average Bonchev–Trinajstić information content (AvgIpc) is 3.76. The monoisotopic (exact) mass is 695 g/mol. The van der Waals surface area contributed by atoms with Crippen LogP contribution < -0.4 is 5.32 Å². The molecule has 49 heavy (non-hydrogen) atoms. The first kappa shape index (κ1) is 43.6. The van der Waals surface area contributed by atoms with Gasteiger partial charge in [0.15, 0.2) is 5.65 Å². The second-order valence-electron chi connectivity index (χ2n) is 11.8. The molecule has 1 aliphatic carbocycles. The first-order valence-electron chi connectivity index (χ1n) is 17.9. The molecule has 0 spiro atoms. The highest BCUT2D eigenvalue weighted by Gasteiger charge is 2.29. The second kappa shape index (κ2) is 25.6. The Bertz CT molecular complexity index is 1450. The van der Waals surface area contributed by atoms with Crippen LogP contribution in [0.25, 0.3) is 34.2 Å². The molecule has 9 nitrogen and oxygen atoms in total. The predicted octanol–water partition coefficient (Wildman–Crippen LogP) is 9.41. The molecule has 1 N–H and O–H groups in total. The molecule has 1 saturated carbocycles. The second-order valence-corrected chi connectivity index (χ2v) is 12.2. The van der Waals surface area contributed by atoms with Gasteiger partial charge in [-0.05, 0) is 64.8 Å². The highest BCUT2D eigenvalue weighted by atomic mass is 35.5. The van der Waals surface area contributed by atoms with Crippen LogP contribution in [0.1, 0.15) is 110 Å². The summed E-state index contributed by atoms with van der Waals surface area (Å²) in [6, 6.07) is 5.96. The number of fused-ring (bicyclic) bond motifs is 1. The largest absolute Gasteiger partial charge is 0.385 e. The lowest BCUT2D eigenvalue weighted by Gasteiger charge is -2.28. The van der Waals surface area contributed by atoms with Crippen LogP contribution >= 0.6 is 11.6 Å². The van der Waals surface area contributed by atoms with Gasteiger partial charge < -0.3 is 10.1 Å². The van der Waals surface area contributed by atoms with Crippen molar-refractivity contribution in [1.82, 2.24) is 34.7 Å². The minimum absolute atomic E-state index is 0.156. The first-order valence-corrected chi connectivity index (χ1v) is 18.5. The molecule has 0 radical (unpaired) electrons. The maximum atomic E-state index is 12.6. The summed E-state index contributed by atoms with van der Waals surface area (Å²) in [5.41, 5.74) is 6.41. The molecule has 10 heteroatoms. The summed E-state index contributed by atoms with van der Waals surface area (Å²) >= 11 is 5.30. The highest BCUT2D eigenvalue weighted by molar-refractivity contribution is 6.17. The quantitative estimate of drug-likeness (QED) is 0.123. The number of aromatic nitrogens is 6. The first-order chi connectivity index (χ1) is 23.8. The standard InChI is InChI=1S/C28H32N6O2.C4H9Cl.C3H8.C2H7N.C2H6/c1-4-19-18-34-28(31-27(19)21-9-7-20(8-10-21)26(35)6-5-15-36-3)23(17-30-34)22-11-12-24(29-16-22)25-13-14-33(2)32-25;1-2-3-4-5;2*1-3-2;1-2/h4,11-14,16-18,20-21H,1,5-10,15H2,2-3H3;2-4H2,1H3;3H2,1-2H3;3H,1-2H3;1-2H3. The number of hydrogen-bond donors (Lipinski definition) is 1. The Hall–Kier alpha value is -3.40. The van der Waals surface area contributed by atoms with Gasteiger partial charge in [0.1, 0.15) is 11.5 Å². The molecule has 0 aliphatic heterocycles. The Morgan fingerprint density at radius 2 is 1.73 bits per heavy atom. The van der Waals surface area contributed by atoms with Crippen molar-refractivity contribution in [2.75, 3.05) is 33.7 Å². The van der Waals surface area contributed by atoms with E-state index in [9.17, 15) is 4.79 Å². The number of hydrogen-bond acceptors (Lipinski definition) is 7. The van der Waals surface area contributed by atoms with Gasteiger partial charge in [-0.2, -0.15) is 10.2 Å². The summed E-state index contributed by atoms with van der Waals surface area (Å²) in [4.78, 5) is 22.3. The zero-order valence-electron chi connectivity index (χ0n) is 31.6. The number of nitrogens with one attached hydrogen (secondary N) is 1. The number of carbonyl (C=O) groups excluding carboxylic acids is 1. The Morgan fingerprint density at radius 1 is 1.06 bits per heavy atom. The Kier molecular flexibility index (Phi) is 22.7. The Morgan fingerprint density at radius 3 is 2.22 bits per heavy atom. The van der Waals surface area contributed by atoms with Crippen LogP contribution in [0, 0.1) is 5.92 Å². The van der Waals surface area contributed by atoms with E-state index in [2.05, 4.69) is 47.8 Å². The van der Waals surface area contributed by atoms with Crippen molar-refractivity contribution >= 4 is 29.1 Å². The fraction of sp³-hybridized carbons (Fsp3) is 0.564. The summed E-state index contributed by atoms with van der Waals surface area (Å²) in [5.74, 6) is 1.65. The van der Waals surface area contributed by atoms with Crippen LogP contribution in [0.3, 0.4) is 0 Å². The molecule has 272 valence electrons. The van der Waals surface area contributed by atoms with Crippen LogP contribution in [0.5, 0.6) is 0 Å². The van der Waals surface area contributed by atoms with Crippen LogP contribution in [-0.4, -0.2) is 68.8 Å². The molecule has 0 bridgehead atoms. The molecule has 0 amide bonds. The number of methoxy groups -OCH3 is 1. The zero-order valence-corrected chi connectivity index (χ0v) is 32.4. The van der Waals surface area contributed by atoms with E-state index in [0.717, 1.165) is 83.8 Å². The smallest absolute Gasteiger partial charge is 0.163 e. The van der Waals surface area contributed by atoms with Gasteiger partial charge >= 0.3 is 0 Å². The number of carbonyl (C=O) groups is 1. The third kappa shape index (κ3) is 14.2. The Balaban J connectivity index is 0.000000803. The van der Waals surface area contributed by atoms with Gasteiger partial charge in [-0.1, -0.05) is 66.2 Å². The number of Topliss-reactive ketones (excluding diaryl/α,β-unsaturated/α-hetero) is 1. The van der Waals surface area contributed by atoms with Gasteiger partial charge in [0.25, 0.3) is 0 Å². The van der Waals surface area contributed by atoms with Crippen LogP contribution in [-0.2, 0) is 16.6 Å². The number of alkyl halides is 1. The summed E-state index contributed by atoms with van der Waals surface area (Å²) in [6.45, 7) is 15.0. The SMILES string of the molecule is C=Cc1cn2ncc(-c3ccc(-c4ccn(C)n4)nc3)c2nc1C1CCC(C(=O)CCCOC)CC1.CC.CCC.CCCCCl.CNC. The van der Waals surface area contributed by atoms with Crippen LogP contribution in [0.2, 0.25) is 0 Å². The van der Waals surface area contributed by atoms with Crippen LogP contribution in [0.15, 0.2) is 49.6 Å². The van der Waals surface area contributed by atoms with Crippen molar-refractivity contribution in [2.24, 2.45) is 13.0 Å². The minimum atomic E-state index is 0.156. The van der Waals surface area contributed by atoms with Crippen molar-refractivity contribution in [2.45, 2.75) is 98.3 Å². The van der Waals surface area contributed by atoms with Gasteiger partial charge in [-0.25, -0.2) is 9.50 Å². The summed E-state index contributed by atoms with van der Waals surface area (Å²) in [7, 11) is 7.32. The normalized spacial score (nSPS) is 14.9. The number of ketones is 1. The van der Waals surface area contributed by atoms with Gasteiger partial charge in [-0.15, -0.1) is 11.6 Å². The molecule has 0 unspecified atom stereocenters. The molecule has 5 rings (SSSR count). The Labute approximate surface area is 300 Å². The van der Waals surface area contributed by atoms with Crippen molar-refractivity contribution in [3.63, 3.8) is 0 Å². The minimum Gasteiger partial charge on any atom is -0.385 e.